The number of hydrogen-bond donors (Lipinski definition) is 3. The summed E-state index contributed by atoms with van der Waals surface area (Å²) in [5.74, 6) is 1.27. The summed E-state index contributed by atoms with van der Waals surface area (Å²) in [6.45, 7) is 9.55. The van der Waals surface area contributed by atoms with E-state index in [9.17, 15) is 4.79 Å². The van der Waals surface area contributed by atoms with Crippen molar-refractivity contribution < 1.29 is 4.79 Å². The third-order valence-electron chi connectivity index (χ3n) is 5.22. The highest BCUT2D eigenvalue weighted by Gasteiger charge is 2.25. The maximum Gasteiger partial charge on any atom is 0.222 e. The molecule has 2 aromatic rings. The molecule has 30 heavy (non-hydrogen) atoms. The van der Waals surface area contributed by atoms with Gasteiger partial charge in [0, 0.05) is 36.3 Å². The predicted molar refractivity (Wildman–Crippen MR) is 122 cm³/mol. The SMILES string of the molecule is CCNC(=NCc1cccnc1N1CCCC(C(N)=O)C1)NCc1nc(C)c(C)s1. The van der Waals surface area contributed by atoms with Gasteiger partial charge in [0.2, 0.25) is 5.91 Å². The molecule has 162 valence electrons. The number of rotatable bonds is 7. The molecule has 0 aromatic carbocycles. The minimum absolute atomic E-state index is 0.124. The van der Waals surface area contributed by atoms with E-state index < -0.39 is 0 Å². The minimum atomic E-state index is -0.235. The Morgan fingerprint density at radius 3 is 2.93 bits per heavy atom. The molecule has 1 aliphatic rings. The number of anilines is 1. The fraction of sp³-hybridized carbons (Fsp3) is 0.524. The van der Waals surface area contributed by atoms with Gasteiger partial charge in [0.05, 0.1) is 24.7 Å². The van der Waals surface area contributed by atoms with E-state index in [2.05, 4.69) is 32.4 Å². The van der Waals surface area contributed by atoms with E-state index in [1.165, 1.54) is 4.88 Å². The van der Waals surface area contributed by atoms with E-state index in [-0.39, 0.29) is 11.8 Å². The van der Waals surface area contributed by atoms with Gasteiger partial charge in [-0.3, -0.25) is 4.79 Å². The average molecular weight is 430 g/mol. The second-order valence-electron chi connectivity index (χ2n) is 7.47. The summed E-state index contributed by atoms with van der Waals surface area (Å²) >= 11 is 1.70. The summed E-state index contributed by atoms with van der Waals surface area (Å²) in [6.07, 6.45) is 3.56. The number of carbonyl (C=O) groups is 1. The lowest BCUT2D eigenvalue weighted by Crippen LogP contribution is -2.42. The van der Waals surface area contributed by atoms with Crippen LogP contribution in [0.2, 0.25) is 0 Å². The van der Waals surface area contributed by atoms with Gasteiger partial charge in [0.25, 0.3) is 0 Å². The van der Waals surface area contributed by atoms with Crippen LogP contribution in [0, 0.1) is 19.8 Å². The molecule has 3 rings (SSSR count). The molecular weight excluding hydrogens is 398 g/mol. The van der Waals surface area contributed by atoms with E-state index in [0.29, 0.717) is 19.6 Å². The number of aliphatic imine (C=N–C) groups is 1. The van der Waals surface area contributed by atoms with Gasteiger partial charge >= 0.3 is 0 Å². The number of amides is 1. The Bertz CT molecular complexity index is 876. The van der Waals surface area contributed by atoms with Crippen molar-refractivity contribution in [1.82, 2.24) is 20.6 Å². The first-order chi connectivity index (χ1) is 14.5. The topological polar surface area (TPSA) is 109 Å². The largest absolute Gasteiger partial charge is 0.369 e. The molecule has 0 radical (unpaired) electrons. The number of hydrogen-bond acceptors (Lipinski definition) is 6. The monoisotopic (exact) mass is 429 g/mol. The zero-order valence-electron chi connectivity index (χ0n) is 17.9. The highest BCUT2D eigenvalue weighted by molar-refractivity contribution is 7.11. The van der Waals surface area contributed by atoms with Gasteiger partial charge in [-0.2, -0.15) is 0 Å². The molecule has 0 bridgehead atoms. The van der Waals surface area contributed by atoms with Crippen LogP contribution in [0.15, 0.2) is 23.3 Å². The minimum Gasteiger partial charge on any atom is -0.369 e. The van der Waals surface area contributed by atoms with Crippen molar-refractivity contribution in [3.63, 3.8) is 0 Å². The predicted octanol–water partition coefficient (Wildman–Crippen LogP) is 2.11. The number of thiazole rings is 1. The van der Waals surface area contributed by atoms with Crippen molar-refractivity contribution in [3.8, 4) is 0 Å². The lowest BCUT2D eigenvalue weighted by atomic mass is 9.97. The summed E-state index contributed by atoms with van der Waals surface area (Å²) in [5, 5.41) is 7.69. The van der Waals surface area contributed by atoms with Crippen LogP contribution in [0.1, 0.15) is 40.9 Å². The second kappa shape index (κ2) is 10.4. The zero-order valence-corrected chi connectivity index (χ0v) is 18.8. The van der Waals surface area contributed by atoms with Crippen LogP contribution in [0.4, 0.5) is 5.82 Å². The Labute approximate surface area is 182 Å². The van der Waals surface area contributed by atoms with E-state index in [4.69, 9.17) is 10.7 Å². The van der Waals surface area contributed by atoms with Crippen LogP contribution in [0.25, 0.3) is 0 Å². The van der Waals surface area contributed by atoms with Gasteiger partial charge in [-0.05, 0) is 39.7 Å². The molecule has 1 saturated heterocycles. The standard InChI is InChI=1S/C21H31N7OS/c1-4-23-21(26-12-18-27-14(2)15(3)30-18)25-11-16-7-5-9-24-20(16)28-10-6-8-17(13-28)19(22)29/h5,7,9,17H,4,6,8,10-13H2,1-3H3,(H2,22,29)(H2,23,25,26). The number of aromatic nitrogens is 2. The van der Waals surface area contributed by atoms with Crippen molar-refractivity contribution in [2.45, 2.75) is 46.7 Å². The molecule has 0 saturated carbocycles. The van der Waals surface area contributed by atoms with Gasteiger partial charge < -0.3 is 21.3 Å². The molecule has 1 amide bonds. The maximum atomic E-state index is 11.6. The first-order valence-electron chi connectivity index (χ1n) is 10.4. The smallest absolute Gasteiger partial charge is 0.222 e. The molecule has 9 heteroatoms. The molecule has 2 aromatic heterocycles. The number of aryl methyl sites for hydroxylation is 2. The number of nitrogens with one attached hydrogen (secondary N) is 2. The Kier molecular flexibility index (Phi) is 7.62. The van der Waals surface area contributed by atoms with Crippen LogP contribution >= 0.6 is 11.3 Å². The van der Waals surface area contributed by atoms with Crippen molar-refractivity contribution in [2.24, 2.45) is 16.6 Å². The fourth-order valence-corrected chi connectivity index (χ4v) is 4.39. The number of nitrogens with two attached hydrogens (primary N) is 1. The van der Waals surface area contributed by atoms with E-state index >= 15 is 0 Å². The van der Waals surface area contributed by atoms with Crippen LogP contribution < -0.4 is 21.3 Å². The summed E-state index contributed by atoms with van der Waals surface area (Å²) in [4.78, 5) is 29.0. The van der Waals surface area contributed by atoms with Crippen LogP contribution in [-0.2, 0) is 17.9 Å². The Balaban J connectivity index is 1.70. The molecule has 8 nitrogen and oxygen atoms in total. The van der Waals surface area contributed by atoms with Crippen molar-refractivity contribution in [2.75, 3.05) is 24.5 Å². The number of pyridine rings is 1. The van der Waals surface area contributed by atoms with Crippen molar-refractivity contribution >= 4 is 29.0 Å². The highest BCUT2D eigenvalue weighted by atomic mass is 32.1. The molecule has 1 atom stereocenters. The Morgan fingerprint density at radius 2 is 2.23 bits per heavy atom. The molecule has 0 aliphatic carbocycles. The molecule has 0 spiro atoms. The summed E-state index contributed by atoms with van der Waals surface area (Å²) < 4.78 is 0. The number of guanidine groups is 1. The van der Waals surface area contributed by atoms with Crippen molar-refractivity contribution in [3.05, 3.63) is 39.5 Å². The molecular formula is C21H31N7OS. The van der Waals surface area contributed by atoms with E-state index in [1.807, 2.05) is 26.0 Å². The number of piperidine rings is 1. The first kappa shape index (κ1) is 22.0. The van der Waals surface area contributed by atoms with Crippen molar-refractivity contribution in [1.29, 1.82) is 0 Å². The normalized spacial score (nSPS) is 17.1. The lowest BCUT2D eigenvalue weighted by molar-refractivity contribution is -0.122. The zero-order chi connectivity index (χ0) is 21.5. The molecule has 1 fully saturated rings. The highest BCUT2D eigenvalue weighted by Crippen LogP contribution is 2.25. The van der Waals surface area contributed by atoms with Crippen LogP contribution in [0.5, 0.6) is 0 Å². The van der Waals surface area contributed by atoms with Gasteiger partial charge in [0.1, 0.15) is 10.8 Å². The first-order valence-corrected chi connectivity index (χ1v) is 11.2. The van der Waals surface area contributed by atoms with Gasteiger partial charge in [-0.1, -0.05) is 6.07 Å². The summed E-state index contributed by atoms with van der Waals surface area (Å²) in [7, 11) is 0. The third kappa shape index (κ3) is 5.69. The van der Waals surface area contributed by atoms with Gasteiger partial charge in [-0.25, -0.2) is 15.0 Å². The fourth-order valence-electron chi connectivity index (χ4n) is 3.52. The molecule has 3 heterocycles. The Hall–Kier alpha value is -2.68. The molecule has 1 aliphatic heterocycles. The van der Waals surface area contributed by atoms with Crippen LogP contribution in [0.3, 0.4) is 0 Å². The second-order valence-corrected chi connectivity index (χ2v) is 8.76. The quantitative estimate of drug-likeness (QED) is 0.459. The average Bonchev–Trinajstić information content (AvgIpc) is 3.07. The lowest BCUT2D eigenvalue weighted by Gasteiger charge is -2.33. The number of primary amides is 1. The molecule has 4 N–H and O–H groups in total. The Morgan fingerprint density at radius 1 is 1.40 bits per heavy atom. The molecule has 1 unspecified atom stereocenters. The van der Waals surface area contributed by atoms with Gasteiger partial charge in [0.15, 0.2) is 5.96 Å². The number of nitrogens with zero attached hydrogens (tertiary/aromatic N) is 4. The summed E-state index contributed by atoms with van der Waals surface area (Å²) in [5.41, 5.74) is 7.65. The summed E-state index contributed by atoms with van der Waals surface area (Å²) in [6, 6.07) is 3.96. The maximum absolute atomic E-state index is 11.6. The van der Waals surface area contributed by atoms with Gasteiger partial charge in [-0.15, -0.1) is 11.3 Å². The van der Waals surface area contributed by atoms with Crippen LogP contribution in [-0.4, -0.2) is 41.5 Å². The van der Waals surface area contributed by atoms with E-state index in [1.54, 1.807) is 17.5 Å². The third-order valence-corrected chi connectivity index (χ3v) is 6.30. The van der Waals surface area contributed by atoms with E-state index in [0.717, 1.165) is 54.0 Å². The number of carbonyl (C=O) groups excluding carboxylic acids is 1.